The first-order valence-corrected chi connectivity index (χ1v) is 8.20. The van der Waals surface area contributed by atoms with Crippen LogP contribution in [0.15, 0.2) is 0 Å². The predicted molar refractivity (Wildman–Crippen MR) is 86.1 cm³/mol. The number of fused-ring (bicyclic) bond motifs is 1. The Labute approximate surface area is 138 Å². The third kappa shape index (κ3) is 4.39. The van der Waals surface area contributed by atoms with Gasteiger partial charge in [0.05, 0.1) is 19.7 Å². The molecule has 122 valence electrons. The highest BCUT2D eigenvalue weighted by Crippen LogP contribution is 2.22. The van der Waals surface area contributed by atoms with Crippen LogP contribution in [0.2, 0.25) is 5.15 Å². The quantitative estimate of drug-likeness (QED) is 0.757. The van der Waals surface area contributed by atoms with E-state index in [1.807, 2.05) is 0 Å². The Balaban J connectivity index is 1.90. The van der Waals surface area contributed by atoms with Crippen LogP contribution in [-0.2, 0) is 22.7 Å². The number of hydrogen-bond donors (Lipinski definition) is 2. The summed E-state index contributed by atoms with van der Waals surface area (Å²) >= 11 is 7.65. The molecule has 0 aliphatic rings. The molecule has 0 fully saturated rings. The molecular weight excluding hydrogens is 326 g/mol. The van der Waals surface area contributed by atoms with Gasteiger partial charge in [-0.15, -0.1) is 0 Å². The predicted octanol–water partition coefficient (Wildman–Crippen LogP) is 1.45. The van der Waals surface area contributed by atoms with E-state index in [0.29, 0.717) is 28.3 Å². The fourth-order valence-electron chi connectivity index (χ4n) is 1.82. The lowest BCUT2D eigenvalue weighted by Gasteiger charge is -2.07. The van der Waals surface area contributed by atoms with Gasteiger partial charge >= 0.3 is 0 Å². The second-order valence-electron chi connectivity index (χ2n) is 5.27. The summed E-state index contributed by atoms with van der Waals surface area (Å²) in [5.41, 5.74) is 0.613. The Kier molecular flexibility index (Phi) is 6.13. The number of hydrogen-bond acceptors (Lipinski definition) is 6. The van der Waals surface area contributed by atoms with Gasteiger partial charge in [0.15, 0.2) is 5.15 Å². The molecule has 0 saturated heterocycles. The first kappa shape index (κ1) is 17.1. The molecule has 0 radical (unpaired) electrons. The summed E-state index contributed by atoms with van der Waals surface area (Å²) in [4.78, 5) is 16.8. The normalized spacial score (nSPS) is 11.5. The zero-order chi connectivity index (χ0) is 16.1. The molecule has 0 spiro atoms. The molecule has 9 heteroatoms. The van der Waals surface area contributed by atoms with Crippen LogP contribution in [-0.4, -0.2) is 40.7 Å². The Bertz CT molecular complexity index is 640. The molecule has 1 amide bonds. The van der Waals surface area contributed by atoms with Crippen LogP contribution in [0.3, 0.4) is 0 Å². The van der Waals surface area contributed by atoms with Gasteiger partial charge in [0.25, 0.3) is 0 Å². The molecule has 22 heavy (non-hydrogen) atoms. The van der Waals surface area contributed by atoms with Crippen molar-refractivity contribution in [1.82, 2.24) is 25.2 Å². The highest BCUT2D eigenvalue weighted by molar-refractivity contribution is 7.16. The number of methoxy groups -OCH3 is 1. The third-order valence-electron chi connectivity index (χ3n) is 2.82. The molecule has 2 heterocycles. The molecule has 2 rings (SSSR count). The van der Waals surface area contributed by atoms with E-state index >= 15 is 0 Å². The first-order chi connectivity index (χ1) is 10.5. The summed E-state index contributed by atoms with van der Waals surface area (Å²) in [5, 5.41) is 11.4. The molecule has 0 aromatic carbocycles. The summed E-state index contributed by atoms with van der Waals surface area (Å²) in [7, 11) is 1.61. The van der Waals surface area contributed by atoms with Crippen molar-refractivity contribution < 1.29 is 9.53 Å². The molecule has 0 aliphatic carbocycles. The zero-order valence-corrected chi connectivity index (χ0v) is 14.4. The number of carbonyl (C=O) groups excluding carboxylic acids is 1. The van der Waals surface area contributed by atoms with Crippen LogP contribution < -0.4 is 10.6 Å². The van der Waals surface area contributed by atoms with E-state index in [2.05, 4.69) is 34.6 Å². The Hall–Kier alpha value is -1.22. The molecule has 2 aromatic rings. The fourth-order valence-corrected chi connectivity index (χ4v) is 2.98. The van der Waals surface area contributed by atoms with Crippen molar-refractivity contribution in [1.29, 1.82) is 0 Å². The first-order valence-electron chi connectivity index (χ1n) is 7.00. The van der Waals surface area contributed by atoms with Crippen molar-refractivity contribution in [2.75, 3.05) is 20.2 Å². The van der Waals surface area contributed by atoms with Crippen LogP contribution in [0, 0.1) is 5.92 Å². The average molecular weight is 346 g/mol. The van der Waals surface area contributed by atoms with Gasteiger partial charge in [0.2, 0.25) is 10.9 Å². The molecule has 2 aromatic heterocycles. The minimum atomic E-state index is -0.0823. The monoisotopic (exact) mass is 345 g/mol. The van der Waals surface area contributed by atoms with Crippen LogP contribution in [0.1, 0.15) is 24.5 Å². The van der Waals surface area contributed by atoms with Gasteiger partial charge in [-0.3, -0.25) is 4.79 Å². The largest absolute Gasteiger partial charge is 0.377 e. The summed E-state index contributed by atoms with van der Waals surface area (Å²) in [6.07, 6.45) is 0. The van der Waals surface area contributed by atoms with Crippen molar-refractivity contribution in [3.63, 3.8) is 0 Å². The lowest BCUT2D eigenvalue weighted by atomic mass is 10.2. The van der Waals surface area contributed by atoms with E-state index in [4.69, 9.17) is 16.3 Å². The average Bonchev–Trinajstić information content (AvgIpc) is 2.96. The number of imidazole rings is 1. The summed E-state index contributed by atoms with van der Waals surface area (Å²) < 4.78 is 6.60. The number of nitrogens with one attached hydrogen (secondary N) is 2. The smallest absolute Gasteiger partial charge is 0.234 e. The number of aromatic nitrogens is 3. The molecule has 0 saturated carbocycles. The molecule has 7 nitrogen and oxygen atoms in total. The Morgan fingerprint density at radius 3 is 2.91 bits per heavy atom. The van der Waals surface area contributed by atoms with E-state index in [9.17, 15) is 4.79 Å². The maximum Gasteiger partial charge on any atom is 0.234 e. The highest BCUT2D eigenvalue weighted by Gasteiger charge is 2.15. The van der Waals surface area contributed by atoms with E-state index < -0.39 is 0 Å². The zero-order valence-electron chi connectivity index (χ0n) is 12.9. The van der Waals surface area contributed by atoms with Gasteiger partial charge < -0.3 is 15.4 Å². The number of halogens is 1. The number of rotatable bonds is 8. The summed E-state index contributed by atoms with van der Waals surface area (Å²) in [5.74, 6) is 0.427. The third-order valence-corrected chi connectivity index (χ3v) is 4.08. The van der Waals surface area contributed by atoms with E-state index in [-0.39, 0.29) is 19.0 Å². The minimum absolute atomic E-state index is 0.0823. The highest BCUT2D eigenvalue weighted by atomic mass is 35.5. The van der Waals surface area contributed by atoms with Crippen molar-refractivity contribution in [3.8, 4) is 0 Å². The van der Waals surface area contributed by atoms with Gasteiger partial charge in [0, 0.05) is 7.11 Å². The molecule has 0 bridgehead atoms. The fraction of sp³-hybridized carbons (Fsp3) is 0.615. The minimum Gasteiger partial charge on any atom is -0.377 e. The summed E-state index contributed by atoms with van der Waals surface area (Å²) in [6, 6.07) is 0. The van der Waals surface area contributed by atoms with Crippen molar-refractivity contribution in [2.45, 2.75) is 27.0 Å². The van der Waals surface area contributed by atoms with Crippen molar-refractivity contribution >= 4 is 33.8 Å². The standard InChI is InChI=1S/C13H20ClN5O2S/c1-8(2)4-15-6-10(20)16-5-9-12(14)19-13(17-9)22-11(18-19)7-21-3/h8,15H,4-7H2,1-3H3,(H,16,20). The lowest BCUT2D eigenvalue weighted by molar-refractivity contribution is -0.120. The molecule has 0 atom stereocenters. The number of ether oxygens (including phenoxy) is 1. The van der Waals surface area contributed by atoms with Crippen LogP contribution >= 0.6 is 22.9 Å². The maximum atomic E-state index is 11.7. The lowest BCUT2D eigenvalue weighted by Crippen LogP contribution is -2.35. The topological polar surface area (TPSA) is 80.5 Å². The second-order valence-corrected chi connectivity index (χ2v) is 6.67. The number of carbonyl (C=O) groups is 1. The molecule has 2 N–H and O–H groups in total. The molecule has 0 aliphatic heterocycles. The molecular formula is C13H20ClN5O2S. The van der Waals surface area contributed by atoms with Gasteiger partial charge in [-0.05, 0) is 12.5 Å². The van der Waals surface area contributed by atoms with Crippen LogP contribution in [0.25, 0.3) is 4.96 Å². The Morgan fingerprint density at radius 1 is 1.50 bits per heavy atom. The van der Waals surface area contributed by atoms with E-state index in [1.54, 1.807) is 11.6 Å². The second kappa shape index (κ2) is 7.87. The van der Waals surface area contributed by atoms with Crippen LogP contribution in [0.5, 0.6) is 0 Å². The van der Waals surface area contributed by atoms with Gasteiger partial charge in [-0.2, -0.15) is 9.61 Å². The van der Waals surface area contributed by atoms with Gasteiger partial charge in [-0.1, -0.05) is 36.8 Å². The Morgan fingerprint density at radius 2 is 2.27 bits per heavy atom. The molecule has 0 unspecified atom stereocenters. The van der Waals surface area contributed by atoms with Crippen molar-refractivity contribution in [2.24, 2.45) is 5.92 Å². The maximum absolute atomic E-state index is 11.7. The van der Waals surface area contributed by atoms with E-state index in [0.717, 1.165) is 11.6 Å². The van der Waals surface area contributed by atoms with Gasteiger partial charge in [-0.25, -0.2) is 4.98 Å². The number of nitrogens with zero attached hydrogens (tertiary/aromatic N) is 3. The van der Waals surface area contributed by atoms with Crippen LogP contribution in [0.4, 0.5) is 0 Å². The summed E-state index contributed by atoms with van der Waals surface area (Å²) in [6.45, 7) is 5.99. The number of amides is 1. The van der Waals surface area contributed by atoms with Gasteiger partial charge in [0.1, 0.15) is 10.7 Å². The van der Waals surface area contributed by atoms with E-state index in [1.165, 1.54) is 11.3 Å². The van der Waals surface area contributed by atoms with Crippen molar-refractivity contribution in [3.05, 3.63) is 15.9 Å². The SMILES string of the molecule is COCc1nn2c(Cl)c(CNC(=O)CNCC(C)C)nc2s1.